The zero-order chi connectivity index (χ0) is 20.8. The molecule has 0 spiro atoms. The van der Waals surface area contributed by atoms with Gasteiger partial charge in [0.05, 0.1) is 11.8 Å². The average molecular weight is 428 g/mol. The van der Waals surface area contributed by atoms with E-state index in [0.29, 0.717) is 12.6 Å². The molecule has 2 aliphatic heterocycles. The summed E-state index contributed by atoms with van der Waals surface area (Å²) in [5.74, 6) is 1.89. The van der Waals surface area contributed by atoms with Crippen LogP contribution in [-0.4, -0.2) is 58.9 Å². The molecule has 4 rings (SSSR count). The first-order valence-electron chi connectivity index (χ1n) is 10.7. The molecule has 3 heterocycles. The second-order valence-electron chi connectivity index (χ2n) is 7.95. The Morgan fingerprint density at radius 1 is 1.27 bits per heavy atom. The number of amides is 1. The maximum absolute atomic E-state index is 12.7. The third-order valence-corrected chi connectivity index (χ3v) is 6.67. The van der Waals surface area contributed by atoms with Crippen LogP contribution < -0.4 is 4.74 Å². The number of hydrogen-bond donors (Lipinski definition) is 0. The van der Waals surface area contributed by atoms with Gasteiger partial charge in [-0.2, -0.15) is 0 Å². The number of carbonyl (C=O) groups excluding carboxylic acids is 1. The van der Waals surface area contributed by atoms with E-state index in [0.717, 1.165) is 66.8 Å². The van der Waals surface area contributed by atoms with E-state index in [2.05, 4.69) is 11.9 Å². The summed E-state index contributed by atoms with van der Waals surface area (Å²) in [6, 6.07) is 9.48. The van der Waals surface area contributed by atoms with E-state index in [-0.39, 0.29) is 18.4 Å². The number of aromatic nitrogens is 2. The summed E-state index contributed by atoms with van der Waals surface area (Å²) in [7, 11) is 0. The number of carbonyl (C=O) groups is 1. The van der Waals surface area contributed by atoms with Crippen LogP contribution in [0.2, 0.25) is 0 Å². The predicted molar refractivity (Wildman–Crippen MR) is 117 cm³/mol. The van der Waals surface area contributed by atoms with Gasteiger partial charge in [-0.1, -0.05) is 30.0 Å². The average Bonchev–Trinajstić information content (AvgIpc) is 3.31. The summed E-state index contributed by atoms with van der Waals surface area (Å²) in [5, 5.41) is 0.807. The minimum absolute atomic E-state index is 0.0308. The monoisotopic (exact) mass is 427 g/mol. The lowest BCUT2D eigenvalue weighted by Crippen LogP contribution is -2.41. The molecule has 0 unspecified atom stereocenters. The van der Waals surface area contributed by atoms with Crippen molar-refractivity contribution in [2.45, 2.75) is 49.8 Å². The Hall–Kier alpha value is -2.12. The third-order valence-electron chi connectivity index (χ3n) is 5.68. The van der Waals surface area contributed by atoms with Crippen molar-refractivity contribution in [3.63, 3.8) is 0 Å². The van der Waals surface area contributed by atoms with Crippen molar-refractivity contribution in [1.29, 1.82) is 0 Å². The molecule has 1 aromatic heterocycles. The largest absolute Gasteiger partial charge is 0.484 e. The molecule has 30 heavy (non-hydrogen) atoms. The second kappa shape index (κ2) is 10.3. The van der Waals surface area contributed by atoms with Gasteiger partial charge in [-0.3, -0.25) is 4.79 Å². The van der Waals surface area contributed by atoms with Gasteiger partial charge >= 0.3 is 0 Å². The molecule has 7 heteroatoms. The molecule has 1 aromatic carbocycles. The van der Waals surface area contributed by atoms with Crippen molar-refractivity contribution in [3.05, 3.63) is 47.8 Å². The number of benzene rings is 1. The molecule has 6 nitrogen and oxygen atoms in total. The van der Waals surface area contributed by atoms with Crippen LogP contribution in [0, 0.1) is 6.92 Å². The highest BCUT2D eigenvalue weighted by Crippen LogP contribution is 2.30. The van der Waals surface area contributed by atoms with Crippen LogP contribution in [0.1, 0.15) is 42.9 Å². The van der Waals surface area contributed by atoms with Crippen molar-refractivity contribution in [2.24, 2.45) is 0 Å². The molecule has 0 radical (unpaired) electrons. The molecule has 0 saturated carbocycles. The number of thioether (sulfide) groups is 1. The van der Waals surface area contributed by atoms with E-state index in [1.807, 2.05) is 41.4 Å². The van der Waals surface area contributed by atoms with Gasteiger partial charge in [0.25, 0.3) is 5.91 Å². The van der Waals surface area contributed by atoms with Gasteiger partial charge in [-0.05, 0) is 50.3 Å². The molecular formula is C23H29N3O3S. The van der Waals surface area contributed by atoms with E-state index in [1.54, 1.807) is 11.8 Å². The summed E-state index contributed by atoms with van der Waals surface area (Å²) in [4.78, 5) is 24.0. The Bertz CT molecular complexity index is 843. The summed E-state index contributed by atoms with van der Waals surface area (Å²) in [6.07, 6.45) is 6.51. The quantitative estimate of drug-likeness (QED) is 0.494. The number of hydrogen-bond acceptors (Lipinski definition) is 6. The van der Waals surface area contributed by atoms with Crippen molar-refractivity contribution in [2.75, 3.05) is 32.1 Å². The number of nitrogens with zero attached hydrogens (tertiary/aromatic N) is 3. The van der Waals surface area contributed by atoms with Crippen LogP contribution >= 0.6 is 11.8 Å². The first kappa shape index (κ1) is 21.1. The Morgan fingerprint density at radius 2 is 2.13 bits per heavy atom. The molecule has 0 bridgehead atoms. The lowest BCUT2D eigenvalue weighted by Gasteiger charge is -2.33. The van der Waals surface area contributed by atoms with Gasteiger partial charge in [0.15, 0.2) is 11.8 Å². The highest BCUT2D eigenvalue weighted by Gasteiger charge is 2.27. The highest BCUT2D eigenvalue weighted by atomic mass is 32.2. The molecule has 2 aromatic rings. The Balaban J connectivity index is 1.36. The Morgan fingerprint density at radius 3 is 2.93 bits per heavy atom. The standard InChI is InChI=1S/C23H29N3O3S/c1-17-13-24-23(30-16-20-10-6-12-28-20)25-22(17)18-7-5-11-26(14-18)21(27)15-29-19-8-3-2-4-9-19/h2-4,8-9,13,18,20H,5-7,10-12,14-16H2,1H3/t18-,20-/m1/s1. The normalized spacial score (nSPS) is 21.6. The van der Waals surface area contributed by atoms with Gasteiger partial charge < -0.3 is 14.4 Å². The summed E-state index contributed by atoms with van der Waals surface area (Å²) in [5.41, 5.74) is 2.16. The van der Waals surface area contributed by atoms with E-state index in [9.17, 15) is 4.79 Å². The molecule has 1 amide bonds. The van der Waals surface area contributed by atoms with Crippen LogP contribution in [0.3, 0.4) is 0 Å². The van der Waals surface area contributed by atoms with E-state index in [4.69, 9.17) is 14.5 Å². The lowest BCUT2D eigenvalue weighted by atomic mass is 9.92. The fourth-order valence-corrected chi connectivity index (χ4v) is 4.93. The Kier molecular flexibility index (Phi) is 7.23. The summed E-state index contributed by atoms with van der Waals surface area (Å²) < 4.78 is 11.4. The number of piperidine rings is 1. The zero-order valence-corrected chi connectivity index (χ0v) is 18.3. The molecule has 0 N–H and O–H groups in total. The van der Waals surface area contributed by atoms with Crippen molar-refractivity contribution in [3.8, 4) is 5.75 Å². The summed E-state index contributed by atoms with van der Waals surface area (Å²) >= 11 is 1.67. The molecule has 2 aliphatic rings. The number of likely N-dealkylation sites (tertiary alicyclic amines) is 1. The zero-order valence-electron chi connectivity index (χ0n) is 17.5. The molecule has 2 atom stereocenters. The number of rotatable bonds is 7. The SMILES string of the molecule is Cc1cnc(SC[C@H]2CCCO2)nc1[C@@H]1CCCN(C(=O)COc2ccccc2)C1. The first-order valence-corrected chi connectivity index (χ1v) is 11.7. The molecule has 0 aliphatic carbocycles. The topological polar surface area (TPSA) is 64.6 Å². The van der Waals surface area contributed by atoms with Crippen LogP contribution in [0.25, 0.3) is 0 Å². The molecule has 2 saturated heterocycles. The van der Waals surface area contributed by atoms with E-state index < -0.39 is 0 Å². The van der Waals surface area contributed by atoms with Crippen LogP contribution in [0.5, 0.6) is 5.75 Å². The molecular weight excluding hydrogens is 398 g/mol. The first-order chi connectivity index (χ1) is 14.7. The number of aryl methyl sites for hydroxylation is 1. The lowest BCUT2D eigenvalue weighted by molar-refractivity contribution is -0.134. The number of ether oxygens (including phenoxy) is 2. The fourth-order valence-electron chi connectivity index (χ4n) is 4.04. The maximum Gasteiger partial charge on any atom is 0.260 e. The van der Waals surface area contributed by atoms with Gasteiger partial charge in [0.1, 0.15) is 5.75 Å². The molecule has 160 valence electrons. The van der Waals surface area contributed by atoms with E-state index >= 15 is 0 Å². The highest BCUT2D eigenvalue weighted by molar-refractivity contribution is 7.99. The van der Waals surface area contributed by atoms with Crippen LogP contribution in [-0.2, 0) is 9.53 Å². The van der Waals surface area contributed by atoms with Crippen molar-refractivity contribution >= 4 is 17.7 Å². The van der Waals surface area contributed by atoms with E-state index in [1.165, 1.54) is 0 Å². The van der Waals surface area contributed by atoms with Gasteiger partial charge in [0, 0.05) is 37.6 Å². The van der Waals surface area contributed by atoms with Crippen LogP contribution in [0.4, 0.5) is 0 Å². The van der Waals surface area contributed by atoms with Gasteiger partial charge in [0.2, 0.25) is 0 Å². The predicted octanol–water partition coefficient (Wildman–Crippen LogP) is 3.84. The number of para-hydroxylation sites is 1. The third kappa shape index (κ3) is 5.52. The minimum Gasteiger partial charge on any atom is -0.484 e. The molecule has 2 fully saturated rings. The Labute approximate surface area is 182 Å². The van der Waals surface area contributed by atoms with Crippen molar-refractivity contribution in [1.82, 2.24) is 14.9 Å². The fraction of sp³-hybridized carbons (Fsp3) is 0.522. The maximum atomic E-state index is 12.7. The van der Waals surface area contributed by atoms with Crippen LogP contribution in [0.15, 0.2) is 41.7 Å². The smallest absolute Gasteiger partial charge is 0.260 e. The van der Waals surface area contributed by atoms with Crippen molar-refractivity contribution < 1.29 is 14.3 Å². The van der Waals surface area contributed by atoms with Gasteiger partial charge in [-0.25, -0.2) is 9.97 Å². The minimum atomic E-state index is 0.0308. The summed E-state index contributed by atoms with van der Waals surface area (Å²) in [6.45, 7) is 4.46. The van der Waals surface area contributed by atoms with Gasteiger partial charge in [-0.15, -0.1) is 0 Å². The second-order valence-corrected chi connectivity index (χ2v) is 8.93.